The average Bonchev–Trinajstić information content (AvgIpc) is 2.37. The van der Waals surface area contributed by atoms with Crippen LogP contribution in [0.3, 0.4) is 0 Å². The van der Waals surface area contributed by atoms with Crippen LogP contribution >= 0.6 is 0 Å². The Hall–Kier alpha value is -1.45. The fraction of sp³-hybridized carbons (Fsp3) is 0.400. The maximum absolute atomic E-state index is 10.0. The van der Waals surface area contributed by atoms with Crippen LogP contribution in [0.1, 0.15) is 24.8 Å². The summed E-state index contributed by atoms with van der Waals surface area (Å²) in [4.78, 5) is 4.26. The van der Waals surface area contributed by atoms with Gasteiger partial charge in [0.2, 0.25) is 0 Å². The van der Waals surface area contributed by atoms with Crippen LogP contribution in [0.4, 0.5) is 0 Å². The topological polar surface area (TPSA) is 45.1 Å². The van der Waals surface area contributed by atoms with Gasteiger partial charge < -0.3 is 10.4 Å². The molecule has 3 nitrogen and oxygen atoms in total. The highest BCUT2D eigenvalue weighted by atomic mass is 16.3. The van der Waals surface area contributed by atoms with Gasteiger partial charge in [0, 0.05) is 30.9 Å². The molecule has 0 amide bonds. The maximum Gasteiger partial charge on any atom is 0.0771 e. The molecule has 3 heteroatoms. The number of benzene rings is 1. The van der Waals surface area contributed by atoms with Crippen LogP contribution in [0.2, 0.25) is 0 Å². The first-order chi connectivity index (χ1) is 8.77. The molecular formula is C15H18N2O. The lowest BCUT2D eigenvalue weighted by Crippen LogP contribution is -2.45. The normalized spacial score (nSPS) is 17.6. The molecule has 1 aromatic carbocycles. The van der Waals surface area contributed by atoms with E-state index in [1.807, 2.05) is 24.5 Å². The average molecular weight is 242 g/mol. The Labute approximate surface area is 107 Å². The lowest BCUT2D eigenvalue weighted by molar-refractivity contribution is -0.0314. The Kier molecular flexibility index (Phi) is 3.02. The summed E-state index contributed by atoms with van der Waals surface area (Å²) >= 11 is 0. The van der Waals surface area contributed by atoms with Crippen molar-refractivity contribution in [3.8, 4) is 0 Å². The number of nitrogens with zero attached hydrogens (tertiary/aromatic N) is 1. The van der Waals surface area contributed by atoms with Crippen LogP contribution < -0.4 is 5.32 Å². The maximum atomic E-state index is 10.0. The van der Waals surface area contributed by atoms with Crippen LogP contribution in [0, 0.1) is 0 Å². The van der Waals surface area contributed by atoms with E-state index in [4.69, 9.17) is 0 Å². The van der Waals surface area contributed by atoms with Gasteiger partial charge in [0.05, 0.1) is 5.60 Å². The Morgan fingerprint density at radius 1 is 1.22 bits per heavy atom. The van der Waals surface area contributed by atoms with Crippen LogP contribution in [0.5, 0.6) is 0 Å². The zero-order valence-electron chi connectivity index (χ0n) is 10.4. The van der Waals surface area contributed by atoms with Gasteiger partial charge in [0.1, 0.15) is 0 Å². The predicted octanol–water partition coefficient (Wildman–Crippen LogP) is 2.24. The van der Waals surface area contributed by atoms with Crippen molar-refractivity contribution in [2.45, 2.75) is 31.4 Å². The molecule has 2 aromatic rings. The summed E-state index contributed by atoms with van der Waals surface area (Å²) in [5.41, 5.74) is 0.730. The monoisotopic (exact) mass is 242 g/mol. The highest BCUT2D eigenvalue weighted by Gasteiger charge is 2.33. The van der Waals surface area contributed by atoms with Gasteiger partial charge >= 0.3 is 0 Å². The smallest absolute Gasteiger partial charge is 0.0771 e. The van der Waals surface area contributed by atoms with Gasteiger partial charge in [-0.25, -0.2) is 0 Å². The van der Waals surface area contributed by atoms with Crippen molar-refractivity contribution in [2.24, 2.45) is 0 Å². The van der Waals surface area contributed by atoms with E-state index >= 15 is 0 Å². The van der Waals surface area contributed by atoms with Gasteiger partial charge in [0.25, 0.3) is 0 Å². The van der Waals surface area contributed by atoms with Crippen LogP contribution in [-0.2, 0) is 6.54 Å². The van der Waals surface area contributed by atoms with Gasteiger partial charge in [-0.3, -0.25) is 4.98 Å². The molecule has 0 unspecified atom stereocenters. The van der Waals surface area contributed by atoms with E-state index in [1.54, 1.807) is 0 Å². The van der Waals surface area contributed by atoms with Gasteiger partial charge in [-0.15, -0.1) is 0 Å². The number of pyridine rings is 1. The summed E-state index contributed by atoms with van der Waals surface area (Å²) in [5, 5.41) is 15.8. The van der Waals surface area contributed by atoms with E-state index in [1.165, 1.54) is 16.3 Å². The van der Waals surface area contributed by atoms with Crippen molar-refractivity contribution in [3.63, 3.8) is 0 Å². The van der Waals surface area contributed by atoms with Crippen molar-refractivity contribution in [3.05, 3.63) is 42.2 Å². The molecule has 18 heavy (non-hydrogen) atoms. The van der Waals surface area contributed by atoms with Crippen molar-refractivity contribution >= 4 is 10.8 Å². The molecule has 0 spiro atoms. The molecule has 0 saturated heterocycles. The van der Waals surface area contributed by atoms with E-state index in [2.05, 4.69) is 22.4 Å². The van der Waals surface area contributed by atoms with Gasteiger partial charge in [-0.2, -0.15) is 0 Å². The predicted molar refractivity (Wildman–Crippen MR) is 72.3 cm³/mol. The first-order valence-corrected chi connectivity index (χ1v) is 6.52. The molecule has 94 valence electrons. The molecule has 0 bridgehead atoms. The SMILES string of the molecule is OC1(CNCc2cncc3ccccc23)CCC1. The third kappa shape index (κ3) is 2.24. The highest BCUT2D eigenvalue weighted by Crippen LogP contribution is 2.30. The van der Waals surface area contributed by atoms with Crippen LogP contribution in [0.15, 0.2) is 36.7 Å². The van der Waals surface area contributed by atoms with Crippen LogP contribution in [-0.4, -0.2) is 22.2 Å². The Bertz CT molecular complexity index is 544. The molecule has 0 radical (unpaired) electrons. The number of hydrogen-bond acceptors (Lipinski definition) is 3. The number of hydrogen-bond donors (Lipinski definition) is 2. The number of rotatable bonds is 4. The lowest BCUT2D eigenvalue weighted by Gasteiger charge is -2.36. The molecule has 1 aliphatic rings. The summed E-state index contributed by atoms with van der Waals surface area (Å²) in [6.45, 7) is 1.44. The van der Waals surface area contributed by atoms with E-state index in [9.17, 15) is 5.11 Å². The highest BCUT2D eigenvalue weighted by molar-refractivity contribution is 5.84. The second-order valence-electron chi connectivity index (χ2n) is 5.20. The minimum atomic E-state index is -0.460. The van der Waals surface area contributed by atoms with Gasteiger partial charge in [-0.05, 0) is 30.2 Å². The molecule has 0 atom stereocenters. The molecule has 0 aliphatic heterocycles. The van der Waals surface area contributed by atoms with Gasteiger partial charge in [0.15, 0.2) is 0 Å². The Morgan fingerprint density at radius 2 is 2.06 bits per heavy atom. The molecule has 1 heterocycles. The zero-order chi connectivity index (χ0) is 12.4. The van der Waals surface area contributed by atoms with E-state index in [0.29, 0.717) is 6.54 Å². The zero-order valence-corrected chi connectivity index (χ0v) is 10.4. The fourth-order valence-electron chi connectivity index (χ4n) is 2.51. The minimum absolute atomic E-state index is 0.460. The quantitative estimate of drug-likeness (QED) is 0.864. The molecule has 2 N–H and O–H groups in total. The fourth-order valence-corrected chi connectivity index (χ4v) is 2.51. The Morgan fingerprint density at radius 3 is 2.83 bits per heavy atom. The number of fused-ring (bicyclic) bond motifs is 1. The number of aliphatic hydroxyl groups is 1. The molecule has 1 saturated carbocycles. The lowest BCUT2D eigenvalue weighted by atomic mass is 9.80. The first kappa shape index (κ1) is 11.6. The summed E-state index contributed by atoms with van der Waals surface area (Å²) in [7, 11) is 0. The Balaban J connectivity index is 1.70. The second-order valence-corrected chi connectivity index (χ2v) is 5.20. The van der Waals surface area contributed by atoms with E-state index < -0.39 is 5.60 Å². The summed E-state index contributed by atoms with van der Waals surface area (Å²) < 4.78 is 0. The molecule has 3 rings (SSSR count). The second kappa shape index (κ2) is 4.67. The molecule has 1 fully saturated rings. The van der Waals surface area contributed by atoms with E-state index in [0.717, 1.165) is 25.8 Å². The minimum Gasteiger partial charge on any atom is -0.389 e. The van der Waals surface area contributed by atoms with Crippen LogP contribution in [0.25, 0.3) is 10.8 Å². The summed E-state index contributed by atoms with van der Waals surface area (Å²) in [6, 6.07) is 8.26. The first-order valence-electron chi connectivity index (χ1n) is 6.52. The van der Waals surface area contributed by atoms with Crippen molar-refractivity contribution in [2.75, 3.05) is 6.54 Å². The van der Waals surface area contributed by atoms with Crippen molar-refractivity contribution < 1.29 is 5.11 Å². The molecule has 1 aliphatic carbocycles. The van der Waals surface area contributed by atoms with Crippen molar-refractivity contribution in [1.29, 1.82) is 0 Å². The molecular weight excluding hydrogens is 224 g/mol. The number of aromatic nitrogens is 1. The summed E-state index contributed by atoms with van der Waals surface area (Å²) in [5.74, 6) is 0. The largest absolute Gasteiger partial charge is 0.389 e. The third-order valence-corrected chi connectivity index (χ3v) is 3.80. The molecule has 1 aromatic heterocycles. The number of nitrogens with one attached hydrogen (secondary N) is 1. The van der Waals surface area contributed by atoms with E-state index in [-0.39, 0.29) is 0 Å². The third-order valence-electron chi connectivity index (χ3n) is 3.80. The van der Waals surface area contributed by atoms with Crippen molar-refractivity contribution in [1.82, 2.24) is 10.3 Å². The summed E-state index contributed by atoms with van der Waals surface area (Å²) in [6.07, 6.45) is 6.79. The van der Waals surface area contributed by atoms with Gasteiger partial charge in [-0.1, -0.05) is 24.3 Å². The standard InChI is InChI=1S/C15H18N2O/c18-15(6-3-7-15)11-17-10-13-9-16-8-12-4-1-2-5-14(12)13/h1-2,4-5,8-9,17-18H,3,6-7,10-11H2.